The Balaban J connectivity index is 1.77. The Morgan fingerprint density at radius 2 is 1.58 bits per heavy atom. The monoisotopic (exact) mass is 408 g/mol. The summed E-state index contributed by atoms with van der Waals surface area (Å²) in [4.78, 5) is 26.4. The van der Waals surface area contributed by atoms with Crippen LogP contribution in [0.15, 0.2) is 36.4 Å². The van der Waals surface area contributed by atoms with Crippen molar-refractivity contribution in [1.29, 1.82) is 0 Å². The van der Waals surface area contributed by atoms with Crippen LogP contribution in [-0.2, 0) is 10.3 Å². The Kier molecular flexibility index (Phi) is 4.20. The number of rotatable bonds is 4. The molecule has 0 spiro atoms. The number of halogens is 3. The molecule has 6 heteroatoms. The third-order valence-electron chi connectivity index (χ3n) is 5.45. The molecule has 0 radical (unpaired) electrons. The smallest absolute Gasteiger partial charge is 0.177 e. The molecule has 3 nitrogen and oxygen atoms in total. The van der Waals surface area contributed by atoms with E-state index in [1.54, 1.807) is 6.07 Å². The molecule has 0 N–H and O–H groups in total. The third-order valence-corrected chi connectivity index (χ3v) is 6.41. The average molecular weight is 410 g/mol. The van der Waals surface area contributed by atoms with E-state index in [0.717, 1.165) is 5.56 Å². The lowest BCUT2D eigenvalue weighted by Gasteiger charge is -2.28. The SMILES string of the molecule is CCC1(CC2(c3cccc(Cl)c3)CO2)C(=O)c2cc(Cl)c(Cl)cc2C1=O. The number of Topliss-reactive ketones (excluding diaryl/α,β-unsaturated/α-hetero) is 2. The molecule has 4 rings (SSSR count). The maximum atomic E-state index is 13.2. The molecule has 0 aromatic heterocycles. The third kappa shape index (κ3) is 2.53. The highest BCUT2D eigenvalue weighted by molar-refractivity contribution is 6.43. The van der Waals surface area contributed by atoms with E-state index in [1.165, 1.54) is 12.1 Å². The number of carbonyl (C=O) groups excluding carboxylic acids is 2. The van der Waals surface area contributed by atoms with Crippen LogP contribution >= 0.6 is 34.8 Å². The van der Waals surface area contributed by atoms with Gasteiger partial charge in [0.15, 0.2) is 11.6 Å². The molecule has 0 saturated carbocycles. The van der Waals surface area contributed by atoms with Crippen molar-refractivity contribution in [2.45, 2.75) is 25.4 Å². The van der Waals surface area contributed by atoms with Crippen LogP contribution in [0.1, 0.15) is 46.0 Å². The van der Waals surface area contributed by atoms with Crippen molar-refractivity contribution < 1.29 is 14.3 Å². The molecule has 1 unspecified atom stereocenters. The molecule has 1 aliphatic heterocycles. The Labute approximate surface area is 166 Å². The average Bonchev–Trinajstić information content (AvgIpc) is 3.38. The highest BCUT2D eigenvalue weighted by Gasteiger charge is 2.60. The minimum absolute atomic E-state index is 0.213. The summed E-state index contributed by atoms with van der Waals surface area (Å²) in [7, 11) is 0. The van der Waals surface area contributed by atoms with Crippen LogP contribution in [-0.4, -0.2) is 18.2 Å². The fraction of sp³-hybridized carbons (Fsp3) is 0.300. The van der Waals surface area contributed by atoms with Crippen molar-refractivity contribution in [3.8, 4) is 0 Å². The quantitative estimate of drug-likeness (QED) is 0.478. The summed E-state index contributed by atoms with van der Waals surface area (Å²) in [6.07, 6.45) is 0.651. The van der Waals surface area contributed by atoms with E-state index in [9.17, 15) is 9.59 Å². The van der Waals surface area contributed by atoms with Gasteiger partial charge in [0.25, 0.3) is 0 Å². The normalized spacial score (nSPS) is 23.2. The van der Waals surface area contributed by atoms with Gasteiger partial charge in [-0.15, -0.1) is 0 Å². The number of ketones is 2. The standard InChI is InChI=1S/C20H15Cl3O3/c1-2-19(9-20(10-26-20)11-4-3-5-12(21)6-11)17(24)13-7-15(22)16(23)8-14(13)18(19)25/h3-8H,2,9-10H2,1H3. The van der Waals surface area contributed by atoms with Gasteiger partial charge in [0, 0.05) is 22.6 Å². The van der Waals surface area contributed by atoms with Crippen molar-refractivity contribution in [2.75, 3.05) is 6.61 Å². The topological polar surface area (TPSA) is 46.7 Å². The zero-order valence-corrected chi connectivity index (χ0v) is 16.2. The van der Waals surface area contributed by atoms with Crippen LogP contribution in [0.3, 0.4) is 0 Å². The molecular weight excluding hydrogens is 395 g/mol. The number of hydrogen-bond acceptors (Lipinski definition) is 3. The second kappa shape index (κ2) is 6.07. The van der Waals surface area contributed by atoms with Crippen molar-refractivity contribution in [3.05, 3.63) is 68.2 Å². The van der Waals surface area contributed by atoms with Gasteiger partial charge in [0.05, 0.1) is 22.1 Å². The Morgan fingerprint density at radius 1 is 1.00 bits per heavy atom. The van der Waals surface area contributed by atoms with Gasteiger partial charge in [-0.25, -0.2) is 0 Å². The van der Waals surface area contributed by atoms with Crippen LogP contribution in [0.5, 0.6) is 0 Å². The molecule has 26 heavy (non-hydrogen) atoms. The largest absolute Gasteiger partial charge is 0.364 e. The molecule has 134 valence electrons. The Bertz CT molecular complexity index is 906. The molecular formula is C20H15Cl3O3. The van der Waals surface area contributed by atoms with Crippen LogP contribution < -0.4 is 0 Å². The first-order chi connectivity index (χ1) is 12.3. The first-order valence-corrected chi connectivity index (χ1v) is 9.45. The number of hydrogen-bond donors (Lipinski definition) is 0. The van der Waals surface area contributed by atoms with E-state index in [-0.39, 0.29) is 28.0 Å². The first-order valence-electron chi connectivity index (χ1n) is 8.32. The van der Waals surface area contributed by atoms with Crippen molar-refractivity contribution in [1.82, 2.24) is 0 Å². The van der Waals surface area contributed by atoms with Gasteiger partial charge >= 0.3 is 0 Å². The van der Waals surface area contributed by atoms with Crippen molar-refractivity contribution in [3.63, 3.8) is 0 Å². The van der Waals surface area contributed by atoms with Crippen LogP contribution in [0.25, 0.3) is 0 Å². The molecule has 1 heterocycles. The highest BCUT2D eigenvalue weighted by atomic mass is 35.5. The predicted octanol–water partition coefficient (Wildman–Crippen LogP) is 5.74. The van der Waals surface area contributed by atoms with Crippen LogP contribution in [0.4, 0.5) is 0 Å². The van der Waals surface area contributed by atoms with E-state index in [1.807, 2.05) is 25.1 Å². The molecule has 1 fully saturated rings. The van der Waals surface area contributed by atoms with E-state index >= 15 is 0 Å². The minimum Gasteiger partial charge on any atom is -0.364 e. The number of carbonyl (C=O) groups is 2. The molecule has 0 bridgehead atoms. The summed E-state index contributed by atoms with van der Waals surface area (Å²) in [5.41, 5.74) is -0.274. The summed E-state index contributed by atoms with van der Waals surface area (Å²) in [6.45, 7) is 2.30. The lowest BCUT2D eigenvalue weighted by molar-refractivity contribution is 0.0617. The Morgan fingerprint density at radius 3 is 2.04 bits per heavy atom. The van der Waals surface area contributed by atoms with E-state index in [0.29, 0.717) is 29.2 Å². The summed E-state index contributed by atoms with van der Waals surface area (Å²) < 4.78 is 5.75. The van der Waals surface area contributed by atoms with E-state index in [4.69, 9.17) is 39.5 Å². The summed E-state index contributed by atoms with van der Waals surface area (Å²) in [5, 5.41) is 1.13. The second-order valence-corrected chi connectivity index (χ2v) is 8.13. The summed E-state index contributed by atoms with van der Waals surface area (Å²) >= 11 is 18.2. The maximum Gasteiger partial charge on any atom is 0.177 e. The molecule has 0 amide bonds. The zero-order valence-electron chi connectivity index (χ0n) is 13.9. The summed E-state index contributed by atoms with van der Waals surface area (Å²) in [5.74, 6) is -0.425. The fourth-order valence-electron chi connectivity index (χ4n) is 3.87. The number of ether oxygens (including phenoxy) is 1. The lowest BCUT2D eigenvalue weighted by Crippen LogP contribution is -2.37. The molecule has 2 aliphatic rings. The fourth-order valence-corrected chi connectivity index (χ4v) is 4.38. The second-order valence-electron chi connectivity index (χ2n) is 6.88. The number of fused-ring (bicyclic) bond motifs is 1. The van der Waals surface area contributed by atoms with Crippen molar-refractivity contribution in [2.24, 2.45) is 5.41 Å². The maximum absolute atomic E-state index is 13.2. The zero-order chi connectivity index (χ0) is 18.7. The highest BCUT2D eigenvalue weighted by Crippen LogP contribution is 2.54. The van der Waals surface area contributed by atoms with Crippen LogP contribution in [0, 0.1) is 5.41 Å². The number of epoxide rings is 1. The lowest BCUT2D eigenvalue weighted by atomic mass is 9.71. The molecule has 2 aromatic rings. The minimum atomic E-state index is -1.17. The summed E-state index contributed by atoms with van der Waals surface area (Å²) in [6, 6.07) is 10.3. The molecule has 1 saturated heterocycles. The Hall–Kier alpha value is -1.39. The van der Waals surface area contributed by atoms with Gasteiger partial charge in [-0.1, -0.05) is 53.9 Å². The molecule has 1 aliphatic carbocycles. The van der Waals surface area contributed by atoms with Crippen LogP contribution in [0.2, 0.25) is 15.1 Å². The van der Waals surface area contributed by atoms with Gasteiger partial charge in [-0.05, 0) is 36.2 Å². The van der Waals surface area contributed by atoms with Gasteiger partial charge < -0.3 is 4.74 Å². The van der Waals surface area contributed by atoms with E-state index in [2.05, 4.69) is 0 Å². The van der Waals surface area contributed by atoms with Gasteiger partial charge in [0.2, 0.25) is 0 Å². The van der Waals surface area contributed by atoms with E-state index < -0.39 is 11.0 Å². The number of benzene rings is 2. The van der Waals surface area contributed by atoms with Gasteiger partial charge in [-0.2, -0.15) is 0 Å². The predicted molar refractivity (Wildman–Crippen MR) is 102 cm³/mol. The first kappa shape index (κ1) is 18.0. The van der Waals surface area contributed by atoms with Gasteiger partial charge in [-0.3, -0.25) is 9.59 Å². The van der Waals surface area contributed by atoms with Gasteiger partial charge in [0.1, 0.15) is 5.60 Å². The molecule has 2 aromatic carbocycles. The molecule has 1 atom stereocenters. The van der Waals surface area contributed by atoms with Crippen molar-refractivity contribution >= 4 is 46.4 Å².